The van der Waals surface area contributed by atoms with E-state index >= 15 is 0 Å². The minimum Gasteiger partial charge on any atom is -0.496 e. The van der Waals surface area contributed by atoms with E-state index in [-0.39, 0.29) is 0 Å². The van der Waals surface area contributed by atoms with Crippen LogP contribution < -0.4 is 21.3 Å². The highest BCUT2D eigenvalue weighted by Gasteiger charge is 2.33. The quantitative estimate of drug-likeness (QED) is 0.369. The molecule has 3 rings (SSSR count). The number of aromatic nitrogens is 1. The molecule has 1 atom stereocenters. The smallest absolute Gasteiger partial charge is 0.273 e. The molecule has 1 aliphatic heterocycles. The van der Waals surface area contributed by atoms with Crippen molar-refractivity contribution in [2.75, 3.05) is 20.3 Å². The minimum atomic E-state index is -0.713. The van der Waals surface area contributed by atoms with Gasteiger partial charge in [0.1, 0.15) is 5.75 Å². The van der Waals surface area contributed by atoms with Gasteiger partial charge in [-0.2, -0.15) is 0 Å². The fourth-order valence-electron chi connectivity index (χ4n) is 3.97. The van der Waals surface area contributed by atoms with Crippen molar-refractivity contribution < 1.29 is 23.8 Å². The summed E-state index contributed by atoms with van der Waals surface area (Å²) < 4.78 is 16.8. The Morgan fingerprint density at radius 3 is 2.64 bits per heavy atom. The van der Waals surface area contributed by atoms with Crippen molar-refractivity contribution in [3.63, 3.8) is 0 Å². The lowest BCUT2D eigenvalue weighted by atomic mass is 10.0. The van der Waals surface area contributed by atoms with E-state index in [2.05, 4.69) is 22.8 Å². The lowest BCUT2D eigenvalue weighted by Crippen LogP contribution is -2.49. The second kappa shape index (κ2) is 11.4. The summed E-state index contributed by atoms with van der Waals surface area (Å²) in [5, 5.41) is 0.799. The zero-order valence-corrected chi connectivity index (χ0v) is 19.6. The van der Waals surface area contributed by atoms with Gasteiger partial charge in [0.2, 0.25) is 0 Å². The molecule has 0 saturated carbocycles. The number of carbonyl (C=O) groups excluding carboxylic acids is 2. The number of hydrazine groups is 1. The lowest BCUT2D eigenvalue weighted by molar-refractivity contribution is -0.164. The number of nitrogens with zero attached hydrogens (tertiary/aromatic N) is 1. The number of aryl methyl sites for hydroxylation is 1. The molecule has 33 heavy (non-hydrogen) atoms. The number of pyridine rings is 1. The third-order valence-electron chi connectivity index (χ3n) is 5.96. The van der Waals surface area contributed by atoms with E-state index in [1.54, 1.807) is 12.1 Å². The number of ether oxygens (including phenoxy) is 3. The molecule has 0 radical (unpaired) electrons. The van der Waals surface area contributed by atoms with Crippen LogP contribution in [0.1, 0.15) is 61.5 Å². The molecule has 4 N–H and O–H groups in total. The van der Waals surface area contributed by atoms with E-state index in [0.717, 1.165) is 48.7 Å². The first-order valence-corrected chi connectivity index (χ1v) is 11.5. The maximum absolute atomic E-state index is 12.7. The highest BCUT2D eigenvalue weighted by Crippen LogP contribution is 2.29. The maximum atomic E-state index is 12.7. The van der Waals surface area contributed by atoms with Crippen LogP contribution in [0, 0.1) is 6.92 Å². The summed E-state index contributed by atoms with van der Waals surface area (Å²) in [7, 11) is 1.48. The number of unbranched alkanes of at least 4 members (excludes halogenated alkanes) is 2. The van der Waals surface area contributed by atoms with Crippen LogP contribution in [0.2, 0.25) is 0 Å². The van der Waals surface area contributed by atoms with Crippen molar-refractivity contribution in [1.29, 1.82) is 0 Å². The molecule has 1 fully saturated rings. The normalized spacial score (nSPS) is 15.9. The first-order chi connectivity index (χ1) is 15.9. The van der Waals surface area contributed by atoms with Crippen molar-refractivity contribution in [2.24, 2.45) is 5.73 Å². The maximum Gasteiger partial charge on any atom is 0.273 e. The van der Waals surface area contributed by atoms with Gasteiger partial charge in [-0.25, -0.2) is 0 Å². The number of nitrogens with one attached hydrogen (secondary N) is 2. The number of hydrogen-bond donors (Lipinski definition) is 3. The SMILES string of the molecule is CCC1(CCCCC[C@H](N)C(=O)NNC(=O)c2cc3ccc(C)nc3cc2OC)OCCO1. The van der Waals surface area contributed by atoms with E-state index in [9.17, 15) is 9.59 Å². The molecule has 0 spiro atoms. The van der Waals surface area contributed by atoms with E-state index in [1.165, 1.54) is 7.11 Å². The number of methoxy groups -OCH3 is 1. The summed E-state index contributed by atoms with van der Waals surface area (Å²) in [6.45, 7) is 5.25. The molecule has 9 heteroatoms. The number of benzene rings is 1. The molecule has 2 amide bonds. The predicted molar refractivity (Wildman–Crippen MR) is 125 cm³/mol. The van der Waals surface area contributed by atoms with Gasteiger partial charge in [-0.05, 0) is 38.3 Å². The highest BCUT2D eigenvalue weighted by molar-refractivity contribution is 6.01. The van der Waals surface area contributed by atoms with Crippen molar-refractivity contribution in [1.82, 2.24) is 15.8 Å². The predicted octanol–water partition coefficient (Wildman–Crippen LogP) is 2.74. The Morgan fingerprint density at radius 2 is 1.94 bits per heavy atom. The monoisotopic (exact) mass is 458 g/mol. The van der Waals surface area contributed by atoms with Gasteiger partial charge in [0, 0.05) is 23.6 Å². The van der Waals surface area contributed by atoms with E-state index in [0.29, 0.717) is 30.9 Å². The van der Waals surface area contributed by atoms with Crippen LogP contribution in [-0.2, 0) is 14.3 Å². The minimum absolute atomic E-state index is 0.297. The van der Waals surface area contributed by atoms with Crippen LogP contribution in [-0.4, -0.2) is 49.0 Å². The van der Waals surface area contributed by atoms with Gasteiger partial charge < -0.3 is 19.9 Å². The number of carbonyl (C=O) groups is 2. The van der Waals surface area contributed by atoms with Crippen molar-refractivity contribution in [2.45, 2.75) is 64.2 Å². The number of amides is 2. The topological polar surface area (TPSA) is 125 Å². The van der Waals surface area contributed by atoms with Gasteiger partial charge in [0.25, 0.3) is 11.8 Å². The molecular formula is C24H34N4O5. The van der Waals surface area contributed by atoms with Crippen LogP contribution in [0.15, 0.2) is 24.3 Å². The zero-order valence-electron chi connectivity index (χ0n) is 19.6. The first kappa shape index (κ1) is 24.9. The third-order valence-corrected chi connectivity index (χ3v) is 5.96. The summed E-state index contributed by atoms with van der Waals surface area (Å²) in [6.07, 6.45) is 4.84. The van der Waals surface area contributed by atoms with Crippen molar-refractivity contribution in [3.05, 3.63) is 35.5 Å². The van der Waals surface area contributed by atoms with Gasteiger partial charge in [0.15, 0.2) is 5.79 Å². The molecule has 0 bridgehead atoms. The van der Waals surface area contributed by atoms with E-state index in [4.69, 9.17) is 19.9 Å². The molecule has 2 aromatic rings. The molecular weight excluding hydrogens is 424 g/mol. The molecule has 1 aromatic carbocycles. The van der Waals surface area contributed by atoms with E-state index in [1.807, 2.05) is 19.1 Å². The third kappa shape index (κ3) is 6.40. The van der Waals surface area contributed by atoms with Gasteiger partial charge in [-0.1, -0.05) is 25.8 Å². The molecule has 1 aliphatic rings. The Kier molecular flexibility index (Phi) is 8.60. The Labute approximate surface area is 194 Å². The van der Waals surface area contributed by atoms with Gasteiger partial charge in [-0.3, -0.25) is 25.4 Å². The number of rotatable bonds is 10. The Balaban J connectivity index is 1.45. The second-order valence-electron chi connectivity index (χ2n) is 8.31. The molecule has 1 saturated heterocycles. The largest absolute Gasteiger partial charge is 0.496 e. The molecule has 1 aromatic heterocycles. The summed E-state index contributed by atoms with van der Waals surface area (Å²) in [5.74, 6) is -0.997. The van der Waals surface area contributed by atoms with E-state index < -0.39 is 23.6 Å². The Hall–Kier alpha value is -2.75. The Bertz CT molecular complexity index is 975. The van der Waals surface area contributed by atoms with Crippen LogP contribution in [0.25, 0.3) is 10.9 Å². The fourth-order valence-corrected chi connectivity index (χ4v) is 3.97. The molecule has 2 heterocycles. The summed E-state index contributed by atoms with van der Waals surface area (Å²) in [5.41, 5.74) is 12.7. The second-order valence-corrected chi connectivity index (χ2v) is 8.31. The van der Waals surface area contributed by atoms with Gasteiger partial charge in [0.05, 0.1) is 37.4 Å². The summed E-state index contributed by atoms with van der Waals surface area (Å²) >= 11 is 0. The fraction of sp³-hybridized carbons (Fsp3) is 0.542. The van der Waals surface area contributed by atoms with Gasteiger partial charge >= 0.3 is 0 Å². The summed E-state index contributed by atoms with van der Waals surface area (Å²) in [4.78, 5) is 29.4. The average Bonchev–Trinajstić information content (AvgIpc) is 3.30. The highest BCUT2D eigenvalue weighted by atomic mass is 16.7. The zero-order chi connectivity index (χ0) is 23.8. The molecule has 0 unspecified atom stereocenters. The van der Waals surface area contributed by atoms with Crippen LogP contribution in [0.5, 0.6) is 5.75 Å². The van der Waals surface area contributed by atoms with Crippen LogP contribution in [0.3, 0.4) is 0 Å². The lowest BCUT2D eigenvalue weighted by Gasteiger charge is -2.25. The van der Waals surface area contributed by atoms with Crippen LogP contribution in [0.4, 0.5) is 0 Å². The first-order valence-electron chi connectivity index (χ1n) is 11.5. The van der Waals surface area contributed by atoms with Crippen LogP contribution >= 0.6 is 0 Å². The summed E-state index contributed by atoms with van der Waals surface area (Å²) in [6, 6.07) is 6.43. The number of hydrogen-bond acceptors (Lipinski definition) is 7. The molecule has 180 valence electrons. The number of fused-ring (bicyclic) bond motifs is 1. The van der Waals surface area contributed by atoms with Crippen molar-refractivity contribution in [3.8, 4) is 5.75 Å². The standard InChI is InChI=1S/C24H34N4O5/c1-4-24(32-12-13-33-24)11-7-5-6-8-19(25)23(30)28-27-22(29)18-14-17-10-9-16(2)26-20(17)15-21(18)31-3/h9-10,14-15,19H,4-8,11-13,25H2,1-3H3,(H,27,29)(H,28,30)/t19-/m0/s1. The number of nitrogens with two attached hydrogens (primary N) is 1. The van der Waals surface area contributed by atoms with Gasteiger partial charge in [-0.15, -0.1) is 0 Å². The van der Waals surface area contributed by atoms with Crippen molar-refractivity contribution >= 4 is 22.7 Å². The average molecular weight is 459 g/mol. The molecule has 0 aliphatic carbocycles. The molecule has 9 nitrogen and oxygen atoms in total. The Morgan fingerprint density at radius 1 is 1.18 bits per heavy atom.